The van der Waals surface area contributed by atoms with Crippen LogP contribution in [0.15, 0.2) is 41.7 Å². The van der Waals surface area contributed by atoms with Crippen LogP contribution >= 0.6 is 11.8 Å². The monoisotopic (exact) mass is 305 g/mol. The highest BCUT2D eigenvalue weighted by Crippen LogP contribution is 2.25. The summed E-state index contributed by atoms with van der Waals surface area (Å²) >= 11 is 1.41. The van der Waals surface area contributed by atoms with E-state index < -0.39 is 0 Å². The summed E-state index contributed by atoms with van der Waals surface area (Å²) in [7, 11) is 3.47. The highest BCUT2D eigenvalue weighted by molar-refractivity contribution is 8.00. The Labute approximate surface area is 128 Å². The van der Waals surface area contributed by atoms with Gasteiger partial charge >= 0.3 is 0 Å². The molecule has 2 N–H and O–H groups in total. The van der Waals surface area contributed by atoms with E-state index in [1.165, 1.54) is 11.8 Å². The van der Waals surface area contributed by atoms with Crippen molar-refractivity contribution in [1.82, 2.24) is 14.9 Å². The molecule has 0 fully saturated rings. The van der Waals surface area contributed by atoms with Crippen molar-refractivity contribution in [2.75, 3.05) is 7.05 Å². The number of nitrogens with one attached hydrogen (secondary N) is 1. The molecule has 112 valence electrons. The molecule has 1 heterocycles. The number of rotatable bonds is 6. The summed E-state index contributed by atoms with van der Waals surface area (Å²) in [5.41, 5.74) is 1.84. The number of aliphatic hydroxyl groups excluding tert-OH is 1. The normalized spacial score (nSPS) is 12.1. The third-order valence-corrected chi connectivity index (χ3v) is 4.51. The molecule has 0 radical (unpaired) electrons. The fourth-order valence-corrected chi connectivity index (χ4v) is 3.13. The van der Waals surface area contributed by atoms with Crippen LogP contribution in [0.1, 0.15) is 11.3 Å². The number of nitrogens with zero attached hydrogens (tertiary/aromatic N) is 2. The largest absolute Gasteiger partial charge is 0.390 e. The number of benzene rings is 1. The van der Waals surface area contributed by atoms with Gasteiger partial charge in [0.1, 0.15) is 0 Å². The maximum Gasteiger partial charge on any atom is 0.233 e. The first-order chi connectivity index (χ1) is 10.2. The van der Waals surface area contributed by atoms with Crippen LogP contribution in [0.25, 0.3) is 0 Å². The number of imidazole rings is 1. The molecular formula is C15H19N3O2S. The highest BCUT2D eigenvalue weighted by atomic mass is 32.2. The number of aromatic nitrogens is 2. The molecule has 5 nitrogen and oxygen atoms in total. The van der Waals surface area contributed by atoms with Gasteiger partial charge in [0.25, 0.3) is 0 Å². The fourth-order valence-electron chi connectivity index (χ4n) is 1.99. The molecule has 0 aliphatic heterocycles. The van der Waals surface area contributed by atoms with Crippen LogP contribution in [-0.4, -0.2) is 32.9 Å². The van der Waals surface area contributed by atoms with E-state index in [0.717, 1.165) is 16.4 Å². The Morgan fingerprint density at radius 1 is 1.43 bits per heavy atom. The first-order valence-corrected chi connectivity index (χ1v) is 7.57. The van der Waals surface area contributed by atoms with Crippen LogP contribution in [0.3, 0.4) is 0 Å². The molecule has 0 saturated heterocycles. The molecular weight excluding hydrogens is 286 g/mol. The lowest BCUT2D eigenvalue weighted by Crippen LogP contribution is -2.31. The molecule has 0 saturated carbocycles. The molecule has 0 aliphatic carbocycles. The summed E-state index contributed by atoms with van der Waals surface area (Å²) in [6.07, 6.45) is 2.26. The average molecular weight is 305 g/mol. The summed E-state index contributed by atoms with van der Waals surface area (Å²) in [4.78, 5) is 16.4. The number of carbonyl (C=O) groups excluding carboxylic acids is 1. The molecule has 1 atom stereocenters. The number of carbonyl (C=O) groups is 1. The molecule has 0 spiro atoms. The van der Waals surface area contributed by atoms with Gasteiger partial charge in [0.05, 0.1) is 23.7 Å². The lowest BCUT2D eigenvalue weighted by Gasteiger charge is -2.15. The van der Waals surface area contributed by atoms with Gasteiger partial charge in [-0.3, -0.25) is 4.79 Å². The molecule has 0 unspecified atom stereocenters. The topological polar surface area (TPSA) is 67.2 Å². The van der Waals surface area contributed by atoms with Crippen molar-refractivity contribution < 1.29 is 9.90 Å². The zero-order chi connectivity index (χ0) is 15.2. The van der Waals surface area contributed by atoms with E-state index in [1.807, 2.05) is 41.9 Å². The van der Waals surface area contributed by atoms with E-state index >= 15 is 0 Å². The first-order valence-electron chi connectivity index (χ1n) is 6.69. The molecule has 2 aromatic rings. The number of thioether (sulfide) groups is 1. The van der Waals surface area contributed by atoms with E-state index in [0.29, 0.717) is 6.42 Å². The van der Waals surface area contributed by atoms with Gasteiger partial charge in [0.2, 0.25) is 5.91 Å². The Bertz CT molecular complexity index is 598. The minimum absolute atomic E-state index is 0.0302. The van der Waals surface area contributed by atoms with Crippen LogP contribution in [-0.2, 0) is 24.9 Å². The third-order valence-electron chi connectivity index (χ3n) is 3.25. The van der Waals surface area contributed by atoms with Gasteiger partial charge in [0, 0.05) is 14.1 Å². The predicted molar refractivity (Wildman–Crippen MR) is 83.0 cm³/mol. The second kappa shape index (κ2) is 7.28. The molecule has 0 bridgehead atoms. The van der Waals surface area contributed by atoms with Crippen LogP contribution in [0.4, 0.5) is 0 Å². The molecule has 0 aliphatic rings. The molecule has 2 rings (SSSR count). The Kier molecular flexibility index (Phi) is 5.41. The van der Waals surface area contributed by atoms with Gasteiger partial charge in [-0.1, -0.05) is 42.1 Å². The van der Waals surface area contributed by atoms with Crippen LogP contribution in [0.5, 0.6) is 0 Å². The Hall–Kier alpha value is -1.79. The van der Waals surface area contributed by atoms with E-state index in [9.17, 15) is 9.90 Å². The zero-order valence-electron chi connectivity index (χ0n) is 12.1. The summed E-state index contributed by atoms with van der Waals surface area (Å²) in [6, 6.07) is 9.90. The van der Waals surface area contributed by atoms with Gasteiger partial charge in [-0.05, 0) is 12.0 Å². The molecule has 21 heavy (non-hydrogen) atoms. The van der Waals surface area contributed by atoms with Crippen molar-refractivity contribution >= 4 is 17.7 Å². The van der Waals surface area contributed by atoms with E-state index in [4.69, 9.17) is 0 Å². The molecule has 1 aromatic heterocycles. The van der Waals surface area contributed by atoms with Crippen LogP contribution in [0, 0.1) is 0 Å². The Morgan fingerprint density at radius 2 is 2.14 bits per heavy atom. The van der Waals surface area contributed by atoms with E-state index in [2.05, 4.69) is 10.3 Å². The number of aliphatic hydroxyl groups is 1. The van der Waals surface area contributed by atoms with Gasteiger partial charge < -0.3 is 15.0 Å². The standard InChI is InChI=1S/C15H19N3O2S/c1-16-14(20)13(8-11-6-4-3-5-7-11)21-15-17-9-12(10-19)18(15)2/h3-7,9,13,19H,8,10H2,1-2H3,(H,16,20)/t13-/m1/s1. The number of amides is 1. The third kappa shape index (κ3) is 3.86. The molecule has 1 aromatic carbocycles. The van der Waals surface area contributed by atoms with E-state index in [-0.39, 0.29) is 17.8 Å². The summed E-state index contributed by atoms with van der Waals surface area (Å²) in [6.45, 7) is -0.0621. The Balaban J connectivity index is 2.16. The summed E-state index contributed by atoms with van der Waals surface area (Å²) in [5, 5.41) is 12.4. The predicted octanol–water partition coefficient (Wildman–Crippen LogP) is 1.36. The lowest BCUT2D eigenvalue weighted by molar-refractivity contribution is -0.120. The smallest absolute Gasteiger partial charge is 0.233 e. The minimum atomic E-state index is -0.259. The SMILES string of the molecule is CNC(=O)[C@@H](Cc1ccccc1)Sc1ncc(CO)n1C. The average Bonchev–Trinajstić information content (AvgIpc) is 2.87. The summed E-state index contributed by atoms with van der Waals surface area (Å²) in [5.74, 6) is -0.0302. The second-order valence-electron chi connectivity index (χ2n) is 4.66. The van der Waals surface area contributed by atoms with Gasteiger partial charge in [-0.2, -0.15) is 0 Å². The van der Waals surface area contributed by atoms with Gasteiger partial charge in [-0.15, -0.1) is 0 Å². The van der Waals surface area contributed by atoms with Crippen LogP contribution < -0.4 is 5.32 Å². The van der Waals surface area contributed by atoms with Crippen molar-refractivity contribution in [3.05, 3.63) is 47.8 Å². The van der Waals surface area contributed by atoms with Crippen molar-refractivity contribution in [1.29, 1.82) is 0 Å². The fraction of sp³-hybridized carbons (Fsp3) is 0.333. The maximum absolute atomic E-state index is 12.1. The molecule has 6 heteroatoms. The number of hydrogen-bond acceptors (Lipinski definition) is 4. The van der Waals surface area contributed by atoms with Crippen molar-refractivity contribution in [3.63, 3.8) is 0 Å². The second-order valence-corrected chi connectivity index (χ2v) is 5.83. The summed E-state index contributed by atoms with van der Waals surface area (Å²) < 4.78 is 1.81. The van der Waals surface area contributed by atoms with Gasteiger partial charge in [-0.25, -0.2) is 4.98 Å². The number of hydrogen-bond donors (Lipinski definition) is 2. The lowest BCUT2D eigenvalue weighted by atomic mass is 10.1. The highest BCUT2D eigenvalue weighted by Gasteiger charge is 2.22. The first kappa shape index (κ1) is 15.6. The zero-order valence-corrected chi connectivity index (χ0v) is 12.9. The Morgan fingerprint density at radius 3 is 2.71 bits per heavy atom. The van der Waals surface area contributed by atoms with Crippen molar-refractivity contribution in [3.8, 4) is 0 Å². The van der Waals surface area contributed by atoms with Crippen molar-refractivity contribution in [2.24, 2.45) is 7.05 Å². The maximum atomic E-state index is 12.1. The van der Waals surface area contributed by atoms with Gasteiger partial charge in [0.15, 0.2) is 5.16 Å². The molecule has 1 amide bonds. The minimum Gasteiger partial charge on any atom is -0.390 e. The van der Waals surface area contributed by atoms with Crippen LogP contribution in [0.2, 0.25) is 0 Å². The van der Waals surface area contributed by atoms with E-state index in [1.54, 1.807) is 13.2 Å². The van der Waals surface area contributed by atoms with Crippen molar-refractivity contribution in [2.45, 2.75) is 23.4 Å². The quantitative estimate of drug-likeness (QED) is 0.791.